The molecule has 2 amide bonds. The van der Waals surface area contributed by atoms with Gasteiger partial charge < -0.3 is 15.0 Å². The Morgan fingerprint density at radius 3 is 2.55 bits per heavy atom. The second kappa shape index (κ2) is 8.99. The van der Waals surface area contributed by atoms with Crippen LogP contribution in [0.15, 0.2) is 54.7 Å². The van der Waals surface area contributed by atoms with Gasteiger partial charge in [-0.25, -0.2) is 9.18 Å². The third kappa shape index (κ3) is 5.91. The van der Waals surface area contributed by atoms with Gasteiger partial charge in [-0.2, -0.15) is 5.10 Å². The lowest BCUT2D eigenvalue weighted by Crippen LogP contribution is -2.33. The number of anilines is 1. The van der Waals surface area contributed by atoms with Crippen molar-refractivity contribution in [2.45, 2.75) is 32.9 Å². The highest BCUT2D eigenvalue weighted by molar-refractivity contribution is 6.08. The number of nitrogens with one attached hydrogen (secondary N) is 2. The number of carbonyl (C=O) groups excluding carboxylic acids is 2. The number of carbonyl (C=O) groups is 2. The summed E-state index contributed by atoms with van der Waals surface area (Å²) in [7, 11) is 1.65. The fraction of sp³-hybridized carbons (Fsp3) is 0.261. The van der Waals surface area contributed by atoms with E-state index in [1.54, 1.807) is 37.4 Å². The number of hydrogen-bond acceptors (Lipinski definition) is 4. The van der Waals surface area contributed by atoms with Crippen molar-refractivity contribution in [2.24, 2.45) is 0 Å². The maximum absolute atomic E-state index is 13.2. The van der Waals surface area contributed by atoms with E-state index in [-0.39, 0.29) is 11.7 Å². The Bertz CT molecular complexity index is 1070. The zero-order valence-corrected chi connectivity index (χ0v) is 17.9. The van der Waals surface area contributed by atoms with Crippen molar-refractivity contribution in [2.75, 3.05) is 12.4 Å². The number of nitrogens with zero attached hydrogens (tertiary/aromatic N) is 2. The van der Waals surface area contributed by atoms with Gasteiger partial charge in [-0.15, -0.1) is 0 Å². The number of amides is 2. The lowest BCUT2D eigenvalue weighted by atomic mass is 10.1. The highest BCUT2D eigenvalue weighted by atomic mass is 19.1. The Balaban J connectivity index is 1.70. The van der Waals surface area contributed by atoms with Crippen LogP contribution in [0.4, 0.5) is 14.9 Å². The first-order valence-electron chi connectivity index (χ1n) is 9.76. The van der Waals surface area contributed by atoms with Crippen LogP contribution in [0.3, 0.4) is 0 Å². The van der Waals surface area contributed by atoms with Crippen molar-refractivity contribution in [3.05, 3.63) is 71.7 Å². The van der Waals surface area contributed by atoms with Gasteiger partial charge in [0.25, 0.3) is 5.91 Å². The lowest BCUT2D eigenvalue weighted by molar-refractivity contribution is 0.0285. The average Bonchev–Trinajstić information content (AvgIpc) is 3.17. The van der Waals surface area contributed by atoms with Gasteiger partial charge in [0.15, 0.2) is 0 Å². The predicted octanol–water partition coefficient (Wildman–Crippen LogP) is 4.84. The quantitative estimate of drug-likeness (QED) is 0.614. The van der Waals surface area contributed by atoms with E-state index in [2.05, 4.69) is 15.5 Å². The van der Waals surface area contributed by atoms with Crippen molar-refractivity contribution in [3.63, 3.8) is 0 Å². The van der Waals surface area contributed by atoms with Gasteiger partial charge in [-0.05, 0) is 62.7 Å². The molecule has 162 valence electrons. The Morgan fingerprint density at radius 1 is 1.16 bits per heavy atom. The number of benzene rings is 2. The summed E-state index contributed by atoms with van der Waals surface area (Å²) in [5.41, 5.74) is 2.31. The van der Waals surface area contributed by atoms with Gasteiger partial charge in [0.05, 0.1) is 17.5 Å². The minimum atomic E-state index is -0.575. The van der Waals surface area contributed by atoms with Crippen molar-refractivity contribution < 1.29 is 18.7 Å². The first kappa shape index (κ1) is 22.0. The monoisotopic (exact) mass is 424 g/mol. The molecule has 0 saturated heterocycles. The molecule has 0 spiro atoms. The summed E-state index contributed by atoms with van der Waals surface area (Å²) in [5.74, 6) is -0.715. The lowest BCUT2D eigenvalue weighted by Gasteiger charge is -2.24. The van der Waals surface area contributed by atoms with Gasteiger partial charge in [-0.3, -0.25) is 9.89 Å². The van der Waals surface area contributed by atoms with Crippen LogP contribution in [-0.2, 0) is 11.3 Å². The van der Waals surface area contributed by atoms with E-state index < -0.39 is 11.7 Å². The van der Waals surface area contributed by atoms with Crippen LogP contribution >= 0.6 is 0 Å². The van der Waals surface area contributed by atoms with Crippen LogP contribution < -0.4 is 5.32 Å². The number of hydrogen-bond donors (Lipinski definition) is 2. The summed E-state index contributed by atoms with van der Waals surface area (Å²) in [6.07, 6.45) is 0.998. The Morgan fingerprint density at radius 2 is 1.87 bits per heavy atom. The van der Waals surface area contributed by atoms with Gasteiger partial charge in [-0.1, -0.05) is 12.1 Å². The molecular weight excluding hydrogens is 399 g/mol. The third-order valence-electron chi connectivity index (χ3n) is 4.33. The summed E-state index contributed by atoms with van der Waals surface area (Å²) >= 11 is 0. The smallest absolute Gasteiger partial charge is 0.410 e. The van der Waals surface area contributed by atoms with E-state index in [9.17, 15) is 14.0 Å². The molecule has 0 bridgehead atoms. The first-order valence-corrected chi connectivity index (χ1v) is 9.76. The molecule has 2 N–H and O–H groups in total. The van der Waals surface area contributed by atoms with Crippen molar-refractivity contribution in [3.8, 4) is 11.3 Å². The zero-order chi connectivity index (χ0) is 22.6. The summed E-state index contributed by atoms with van der Waals surface area (Å²) in [6.45, 7) is 5.76. The van der Waals surface area contributed by atoms with E-state index in [0.29, 0.717) is 29.1 Å². The molecule has 2 aromatic carbocycles. The van der Waals surface area contributed by atoms with Crippen molar-refractivity contribution in [1.82, 2.24) is 15.1 Å². The van der Waals surface area contributed by atoms with E-state index in [1.165, 1.54) is 23.2 Å². The predicted molar refractivity (Wildman–Crippen MR) is 116 cm³/mol. The molecule has 31 heavy (non-hydrogen) atoms. The highest BCUT2D eigenvalue weighted by Gasteiger charge is 2.20. The second-order valence-corrected chi connectivity index (χ2v) is 8.16. The fourth-order valence-corrected chi connectivity index (χ4v) is 2.92. The van der Waals surface area contributed by atoms with Gasteiger partial charge >= 0.3 is 6.09 Å². The maximum atomic E-state index is 13.2. The largest absolute Gasteiger partial charge is 0.444 e. The molecule has 0 saturated carbocycles. The van der Waals surface area contributed by atoms with Gasteiger partial charge in [0.2, 0.25) is 0 Å². The minimum absolute atomic E-state index is 0.325. The molecule has 0 aliphatic carbocycles. The minimum Gasteiger partial charge on any atom is -0.444 e. The Labute approximate surface area is 180 Å². The molecule has 0 unspecified atom stereocenters. The molecule has 0 aliphatic heterocycles. The third-order valence-corrected chi connectivity index (χ3v) is 4.33. The highest BCUT2D eigenvalue weighted by Crippen LogP contribution is 2.23. The van der Waals surface area contributed by atoms with Crippen LogP contribution in [0.1, 0.15) is 36.7 Å². The topological polar surface area (TPSA) is 87.3 Å². The summed E-state index contributed by atoms with van der Waals surface area (Å²) in [4.78, 5) is 26.4. The summed E-state index contributed by atoms with van der Waals surface area (Å²) < 4.78 is 18.6. The van der Waals surface area contributed by atoms with Gasteiger partial charge in [0.1, 0.15) is 11.4 Å². The number of aromatic amines is 1. The number of H-pyrrole nitrogens is 1. The molecule has 0 atom stereocenters. The second-order valence-electron chi connectivity index (χ2n) is 8.16. The Kier molecular flexibility index (Phi) is 6.39. The van der Waals surface area contributed by atoms with Gasteiger partial charge in [0, 0.05) is 24.8 Å². The normalized spacial score (nSPS) is 11.1. The van der Waals surface area contributed by atoms with E-state index >= 15 is 0 Å². The molecule has 0 fully saturated rings. The molecule has 8 heteroatoms. The van der Waals surface area contributed by atoms with Crippen LogP contribution in [0.2, 0.25) is 0 Å². The summed E-state index contributed by atoms with van der Waals surface area (Å²) in [6, 6.07) is 13.0. The van der Waals surface area contributed by atoms with E-state index in [0.717, 1.165) is 5.56 Å². The zero-order valence-electron chi connectivity index (χ0n) is 17.9. The molecule has 3 aromatic rings. The standard InChI is InChI=1S/C23H25FN4O3/c1-23(2,3)31-22(30)28(4)14-15-6-5-7-18(12-15)26-21(29)19-13-25-27-20(19)16-8-10-17(24)11-9-16/h5-13H,14H2,1-4H3,(H,25,27)(H,26,29). The average molecular weight is 424 g/mol. The number of halogens is 1. The van der Waals surface area contributed by atoms with Crippen LogP contribution in [0.25, 0.3) is 11.3 Å². The molecule has 3 rings (SSSR count). The number of aromatic nitrogens is 2. The molecule has 0 aliphatic rings. The van der Waals surface area contributed by atoms with Crippen molar-refractivity contribution in [1.29, 1.82) is 0 Å². The number of ether oxygens (including phenoxy) is 1. The SMILES string of the molecule is CN(Cc1cccc(NC(=O)c2cn[nH]c2-c2ccc(F)cc2)c1)C(=O)OC(C)(C)C. The maximum Gasteiger partial charge on any atom is 0.410 e. The van der Waals surface area contributed by atoms with Crippen LogP contribution in [-0.4, -0.2) is 39.7 Å². The molecule has 1 heterocycles. The molecule has 0 radical (unpaired) electrons. The summed E-state index contributed by atoms with van der Waals surface area (Å²) in [5, 5.41) is 9.58. The van der Waals surface area contributed by atoms with Crippen LogP contribution in [0, 0.1) is 5.82 Å². The number of rotatable bonds is 5. The molecule has 1 aromatic heterocycles. The fourth-order valence-electron chi connectivity index (χ4n) is 2.92. The van der Waals surface area contributed by atoms with Crippen LogP contribution in [0.5, 0.6) is 0 Å². The Hall–Kier alpha value is -3.68. The first-order chi connectivity index (χ1) is 14.6. The molecular formula is C23H25FN4O3. The van der Waals surface area contributed by atoms with Crippen molar-refractivity contribution >= 4 is 17.7 Å². The van der Waals surface area contributed by atoms with E-state index in [1.807, 2.05) is 26.8 Å². The van der Waals surface area contributed by atoms with E-state index in [4.69, 9.17) is 4.74 Å². The molecule has 7 nitrogen and oxygen atoms in total.